The molecule has 5 nitrogen and oxygen atoms in total. The van der Waals surface area contributed by atoms with Crippen LogP contribution < -0.4 is 4.90 Å². The minimum atomic E-state index is -4.23. The number of hydrogen-bond donors (Lipinski definition) is 0. The number of rotatable bonds is 3. The van der Waals surface area contributed by atoms with Gasteiger partial charge in [0.2, 0.25) is 15.9 Å². The summed E-state index contributed by atoms with van der Waals surface area (Å²) in [6, 6.07) is 19.5. The smallest absolute Gasteiger partial charge is 0.247 e. The number of nitrogens with zero attached hydrogens (tertiary/aromatic N) is 2. The van der Waals surface area contributed by atoms with Gasteiger partial charge < -0.3 is 4.90 Å². The molecule has 0 bridgehead atoms. The van der Waals surface area contributed by atoms with E-state index in [1.807, 2.05) is 48.5 Å². The third-order valence-electron chi connectivity index (χ3n) is 6.07. The molecule has 0 radical (unpaired) electrons. The first-order chi connectivity index (χ1) is 15.0. The van der Waals surface area contributed by atoms with E-state index in [0.29, 0.717) is 6.54 Å². The quantitative estimate of drug-likeness (QED) is 0.631. The summed E-state index contributed by atoms with van der Waals surface area (Å²) in [4.78, 5) is 14.9. The average Bonchev–Trinajstić information content (AvgIpc) is 3.22. The van der Waals surface area contributed by atoms with Crippen LogP contribution in [0.5, 0.6) is 0 Å². The fourth-order valence-corrected chi connectivity index (χ4v) is 6.12. The molecule has 7 heteroatoms. The summed E-state index contributed by atoms with van der Waals surface area (Å²) in [5, 5.41) is 0. The third-order valence-corrected chi connectivity index (χ3v) is 7.95. The second kappa shape index (κ2) is 7.59. The molecule has 1 atom stereocenters. The van der Waals surface area contributed by atoms with Crippen molar-refractivity contribution in [2.75, 3.05) is 11.4 Å². The predicted molar refractivity (Wildman–Crippen MR) is 116 cm³/mol. The average molecular weight is 437 g/mol. The number of halogens is 1. The number of carbonyl (C=O) groups is 1. The second-order valence-electron chi connectivity index (χ2n) is 7.84. The standard InChI is InChI=1S/C24H21FN2O3S/c25-20-10-4-6-12-23(20)31(29,30)27-16-19-9-2-1-8-18(19)15-22(27)24(28)26-14-13-17-7-3-5-11-21(17)26/h1-12,22H,13-16H2/t22-/m1/s1. The molecular weight excluding hydrogens is 415 g/mol. The Morgan fingerprint density at radius 1 is 0.871 bits per heavy atom. The van der Waals surface area contributed by atoms with Crippen LogP contribution in [0.2, 0.25) is 0 Å². The van der Waals surface area contributed by atoms with Gasteiger partial charge in [0.15, 0.2) is 0 Å². The maximum absolute atomic E-state index is 14.5. The number of para-hydroxylation sites is 1. The molecule has 3 aromatic rings. The molecule has 5 rings (SSSR count). The van der Waals surface area contributed by atoms with Crippen LogP contribution in [0.25, 0.3) is 0 Å². The maximum Gasteiger partial charge on any atom is 0.247 e. The summed E-state index contributed by atoms with van der Waals surface area (Å²) < 4.78 is 42.6. The largest absolute Gasteiger partial charge is 0.310 e. The van der Waals surface area contributed by atoms with Crippen molar-refractivity contribution in [2.45, 2.75) is 30.3 Å². The Labute approximate surface area is 180 Å². The third kappa shape index (κ3) is 3.34. The molecule has 0 unspecified atom stereocenters. The van der Waals surface area contributed by atoms with Gasteiger partial charge >= 0.3 is 0 Å². The number of carbonyl (C=O) groups excluding carboxylic acids is 1. The van der Waals surface area contributed by atoms with E-state index in [9.17, 15) is 17.6 Å². The SMILES string of the molecule is O=C([C@H]1Cc2ccccc2CN1S(=O)(=O)c1ccccc1F)N1CCc2ccccc21. The minimum Gasteiger partial charge on any atom is -0.310 e. The molecule has 3 aromatic carbocycles. The van der Waals surface area contributed by atoms with Crippen LogP contribution in [0, 0.1) is 5.82 Å². The Morgan fingerprint density at radius 2 is 1.52 bits per heavy atom. The van der Waals surface area contributed by atoms with Crippen molar-refractivity contribution in [2.24, 2.45) is 0 Å². The maximum atomic E-state index is 14.5. The summed E-state index contributed by atoms with van der Waals surface area (Å²) in [5.41, 5.74) is 3.65. The van der Waals surface area contributed by atoms with Gasteiger partial charge in [-0.05, 0) is 47.7 Å². The molecule has 0 fully saturated rings. The molecule has 0 saturated carbocycles. The van der Waals surface area contributed by atoms with Gasteiger partial charge in [0, 0.05) is 18.8 Å². The molecule has 0 spiro atoms. The van der Waals surface area contributed by atoms with Crippen LogP contribution in [0.3, 0.4) is 0 Å². The minimum absolute atomic E-state index is 0.0265. The lowest BCUT2D eigenvalue weighted by Gasteiger charge is -2.37. The molecule has 0 N–H and O–H groups in total. The highest BCUT2D eigenvalue weighted by atomic mass is 32.2. The van der Waals surface area contributed by atoms with E-state index in [1.165, 1.54) is 18.2 Å². The number of sulfonamides is 1. The lowest BCUT2D eigenvalue weighted by atomic mass is 9.95. The normalized spacial score (nSPS) is 18.5. The summed E-state index contributed by atoms with van der Waals surface area (Å²) >= 11 is 0. The molecule has 0 saturated heterocycles. The topological polar surface area (TPSA) is 57.7 Å². The van der Waals surface area contributed by atoms with E-state index < -0.39 is 26.8 Å². The van der Waals surface area contributed by atoms with E-state index in [-0.39, 0.29) is 18.9 Å². The highest BCUT2D eigenvalue weighted by Crippen LogP contribution is 2.34. The summed E-state index contributed by atoms with van der Waals surface area (Å²) in [5.74, 6) is -1.10. The van der Waals surface area contributed by atoms with E-state index in [1.54, 1.807) is 4.90 Å². The Morgan fingerprint density at radius 3 is 2.29 bits per heavy atom. The van der Waals surface area contributed by atoms with Crippen molar-refractivity contribution in [3.63, 3.8) is 0 Å². The fraction of sp³-hybridized carbons (Fsp3) is 0.208. The highest BCUT2D eigenvalue weighted by molar-refractivity contribution is 7.89. The Balaban J connectivity index is 1.58. The number of hydrogen-bond acceptors (Lipinski definition) is 3. The van der Waals surface area contributed by atoms with Crippen molar-refractivity contribution in [3.05, 3.63) is 95.3 Å². The molecule has 31 heavy (non-hydrogen) atoms. The van der Waals surface area contributed by atoms with Gasteiger partial charge in [-0.2, -0.15) is 4.31 Å². The first kappa shape index (κ1) is 19.9. The van der Waals surface area contributed by atoms with Crippen LogP contribution in [0.15, 0.2) is 77.7 Å². The lowest BCUT2D eigenvalue weighted by Crippen LogP contribution is -2.53. The van der Waals surface area contributed by atoms with Crippen molar-refractivity contribution < 1.29 is 17.6 Å². The van der Waals surface area contributed by atoms with E-state index >= 15 is 0 Å². The first-order valence-electron chi connectivity index (χ1n) is 10.2. The van der Waals surface area contributed by atoms with Crippen LogP contribution in [0.1, 0.15) is 16.7 Å². The van der Waals surface area contributed by atoms with Gasteiger partial charge in [-0.3, -0.25) is 4.79 Å². The van der Waals surface area contributed by atoms with Gasteiger partial charge in [0.25, 0.3) is 0 Å². The summed E-state index contributed by atoms with van der Waals surface area (Å²) in [6.45, 7) is 0.530. The van der Waals surface area contributed by atoms with Gasteiger partial charge in [0.1, 0.15) is 16.8 Å². The zero-order valence-electron chi connectivity index (χ0n) is 16.7. The molecule has 2 heterocycles. The van der Waals surface area contributed by atoms with Crippen LogP contribution in [-0.2, 0) is 34.2 Å². The molecular formula is C24H21FN2O3S. The van der Waals surface area contributed by atoms with Crippen LogP contribution in [-0.4, -0.2) is 31.2 Å². The second-order valence-corrected chi connectivity index (χ2v) is 9.70. The van der Waals surface area contributed by atoms with Crippen molar-refractivity contribution in [3.8, 4) is 0 Å². The van der Waals surface area contributed by atoms with E-state index in [0.717, 1.165) is 39.2 Å². The van der Waals surface area contributed by atoms with Gasteiger partial charge in [-0.15, -0.1) is 0 Å². The number of anilines is 1. The molecule has 1 amide bonds. The van der Waals surface area contributed by atoms with Crippen LogP contribution in [0.4, 0.5) is 10.1 Å². The Hall–Kier alpha value is -3.03. The summed E-state index contributed by atoms with van der Waals surface area (Å²) in [6.07, 6.45) is 0.979. The molecule has 2 aliphatic heterocycles. The van der Waals surface area contributed by atoms with E-state index in [2.05, 4.69) is 0 Å². The van der Waals surface area contributed by atoms with Gasteiger partial charge in [0.05, 0.1) is 0 Å². The van der Waals surface area contributed by atoms with Crippen molar-refractivity contribution in [1.29, 1.82) is 0 Å². The van der Waals surface area contributed by atoms with Gasteiger partial charge in [-0.25, -0.2) is 12.8 Å². The zero-order valence-corrected chi connectivity index (χ0v) is 17.6. The van der Waals surface area contributed by atoms with E-state index in [4.69, 9.17) is 0 Å². The number of benzene rings is 3. The van der Waals surface area contributed by atoms with Crippen LogP contribution >= 0.6 is 0 Å². The number of fused-ring (bicyclic) bond motifs is 2. The monoisotopic (exact) mass is 436 g/mol. The summed E-state index contributed by atoms with van der Waals surface area (Å²) in [7, 11) is -4.23. The Kier molecular flexibility index (Phi) is 4.87. The zero-order chi connectivity index (χ0) is 21.6. The fourth-order valence-electron chi connectivity index (χ4n) is 4.49. The lowest BCUT2D eigenvalue weighted by molar-refractivity contribution is -0.122. The number of amides is 1. The highest BCUT2D eigenvalue weighted by Gasteiger charge is 2.43. The Bertz CT molecular complexity index is 1280. The molecule has 2 aliphatic rings. The molecule has 0 aliphatic carbocycles. The molecule has 158 valence electrons. The van der Waals surface area contributed by atoms with Gasteiger partial charge in [-0.1, -0.05) is 54.6 Å². The van der Waals surface area contributed by atoms with Crippen molar-refractivity contribution >= 4 is 21.6 Å². The van der Waals surface area contributed by atoms with Crippen molar-refractivity contribution in [1.82, 2.24) is 4.31 Å². The molecule has 0 aromatic heterocycles. The first-order valence-corrected chi connectivity index (χ1v) is 11.6. The predicted octanol–water partition coefficient (Wildman–Crippen LogP) is 3.53.